The minimum atomic E-state index is -4.96. The quantitative estimate of drug-likeness (QED) is 0.664. The Morgan fingerprint density at radius 2 is 1.81 bits per heavy atom. The minimum Gasteiger partial charge on any atom is -0.331 e. The average molecular weight is 444 g/mol. The standard InChI is InChI=1S/C19H17BrF3NO3/c1-10(14-7-4-8-24(14)18(27)19(21,22)23)15-13(9-20)16(25)11-5-2-3-6-12(11)17(15)26/h2-3,5-6,10,14H,4,7-9H2,1H3. The molecule has 0 aromatic heterocycles. The maximum Gasteiger partial charge on any atom is 0.471 e. The van der Waals surface area contributed by atoms with E-state index in [1.54, 1.807) is 31.2 Å². The fourth-order valence-electron chi connectivity index (χ4n) is 3.98. The van der Waals surface area contributed by atoms with Crippen molar-refractivity contribution in [3.05, 3.63) is 46.5 Å². The van der Waals surface area contributed by atoms with E-state index < -0.39 is 24.0 Å². The zero-order valence-electron chi connectivity index (χ0n) is 14.5. The SMILES string of the molecule is CC(C1=C(CBr)C(=O)c2ccccc2C1=O)C1CCCN1C(=O)C(F)(F)F. The fourth-order valence-corrected chi connectivity index (χ4v) is 4.54. The molecule has 1 aromatic rings. The van der Waals surface area contributed by atoms with E-state index in [1.165, 1.54) is 0 Å². The first-order chi connectivity index (χ1) is 12.7. The van der Waals surface area contributed by atoms with E-state index in [2.05, 4.69) is 15.9 Å². The minimum absolute atomic E-state index is 0.0109. The Balaban J connectivity index is 2.02. The molecule has 3 rings (SSSR count). The number of carbonyl (C=O) groups is 3. The van der Waals surface area contributed by atoms with Gasteiger partial charge in [-0.15, -0.1) is 0 Å². The zero-order chi connectivity index (χ0) is 19.9. The van der Waals surface area contributed by atoms with Crippen LogP contribution in [-0.2, 0) is 4.79 Å². The summed E-state index contributed by atoms with van der Waals surface area (Å²) in [6, 6.07) is 5.63. The van der Waals surface area contributed by atoms with Crippen LogP contribution in [0, 0.1) is 5.92 Å². The Labute approximate surface area is 162 Å². The van der Waals surface area contributed by atoms with Gasteiger partial charge in [-0.2, -0.15) is 13.2 Å². The molecule has 1 aliphatic carbocycles. The van der Waals surface area contributed by atoms with Gasteiger partial charge in [0.25, 0.3) is 0 Å². The monoisotopic (exact) mass is 443 g/mol. The Morgan fingerprint density at radius 1 is 1.22 bits per heavy atom. The Kier molecular flexibility index (Phi) is 5.29. The van der Waals surface area contributed by atoms with Crippen molar-refractivity contribution in [1.29, 1.82) is 0 Å². The number of alkyl halides is 4. The van der Waals surface area contributed by atoms with Gasteiger partial charge in [0.1, 0.15) is 0 Å². The number of amides is 1. The van der Waals surface area contributed by atoms with Crippen molar-refractivity contribution in [3.63, 3.8) is 0 Å². The molecule has 4 nitrogen and oxygen atoms in total. The number of benzene rings is 1. The molecule has 0 bridgehead atoms. The average Bonchev–Trinajstić information content (AvgIpc) is 3.12. The van der Waals surface area contributed by atoms with Gasteiger partial charge in [0.05, 0.1) is 0 Å². The molecule has 2 atom stereocenters. The largest absolute Gasteiger partial charge is 0.471 e. The lowest BCUT2D eigenvalue weighted by Crippen LogP contribution is -2.47. The number of ketones is 2. The number of allylic oxidation sites excluding steroid dienone is 1. The lowest BCUT2D eigenvalue weighted by Gasteiger charge is -2.33. The highest BCUT2D eigenvalue weighted by molar-refractivity contribution is 9.09. The smallest absolute Gasteiger partial charge is 0.331 e. The number of nitrogens with zero attached hydrogens (tertiary/aromatic N) is 1. The molecular formula is C19H17BrF3NO3. The van der Waals surface area contributed by atoms with Gasteiger partial charge >= 0.3 is 12.1 Å². The van der Waals surface area contributed by atoms with Crippen molar-refractivity contribution in [2.45, 2.75) is 32.0 Å². The molecule has 2 unspecified atom stereocenters. The topological polar surface area (TPSA) is 54.5 Å². The summed E-state index contributed by atoms with van der Waals surface area (Å²) >= 11 is 3.23. The first-order valence-electron chi connectivity index (χ1n) is 8.53. The van der Waals surface area contributed by atoms with Gasteiger partial charge < -0.3 is 4.90 Å². The number of fused-ring (bicyclic) bond motifs is 1. The van der Waals surface area contributed by atoms with Crippen LogP contribution < -0.4 is 0 Å². The maximum absolute atomic E-state index is 13.0. The summed E-state index contributed by atoms with van der Waals surface area (Å²) in [5.74, 6) is -3.25. The van der Waals surface area contributed by atoms with Crippen molar-refractivity contribution < 1.29 is 27.6 Å². The predicted molar refractivity (Wildman–Crippen MR) is 95.9 cm³/mol. The van der Waals surface area contributed by atoms with Gasteiger partial charge in [-0.3, -0.25) is 14.4 Å². The Morgan fingerprint density at radius 3 is 2.37 bits per heavy atom. The van der Waals surface area contributed by atoms with Gasteiger partial charge in [0.15, 0.2) is 11.6 Å². The maximum atomic E-state index is 13.0. The lowest BCUT2D eigenvalue weighted by molar-refractivity contribution is -0.186. The third-order valence-electron chi connectivity index (χ3n) is 5.23. The molecule has 0 saturated carbocycles. The summed E-state index contributed by atoms with van der Waals surface area (Å²) in [7, 11) is 0. The molecule has 1 heterocycles. The van der Waals surface area contributed by atoms with Crippen LogP contribution in [0.4, 0.5) is 13.2 Å². The summed E-state index contributed by atoms with van der Waals surface area (Å²) in [6.07, 6.45) is -4.19. The van der Waals surface area contributed by atoms with Crippen LogP contribution in [0.1, 0.15) is 40.5 Å². The van der Waals surface area contributed by atoms with Crippen LogP contribution in [0.2, 0.25) is 0 Å². The van der Waals surface area contributed by atoms with Crippen LogP contribution in [0.5, 0.6) is 0 Å². The molecule has 1 saturated heterocycles. The van der Waals surface area contributed by atoms with Gasteiger partial charge in [-0.25, -0.2) is 0 Å². The number of hydrogen-bond acceptors (Lipinski definition) is 3. The second-order valence-electron chi connectivity index (χ2n) is 6.72. The van der Waals surface area contributed by atoms with Crippen LogP contribution in [0.3, 0.4) is 0 Å². The third-order valence-corrected chi connectivity index (χ3v) is 5.79. The van der Waals surface area contributed by atoms with Gasteiger partial charge in [-0.1, -0.05) is 47.1 Å². The van der Waals surface area contributed by atoms with Crippen molar-refractivity contribution >= 4 is 33.4 Å². The Hall–Kier alpha value is -1.96. The van der Waals surface area contributed by atoms with Crippen LogP contribution in [-0.4, -0.2) is 46.5 Å². The van der Waals surface area contributed by atoms with E-state index >= 15 is 0 Å². The van der Waals surface area contributed by atoms with E-state index in [0.717, 1.165) is 4.90 Å². The molecule has 2 aliphatic rings. The van der Waals surface area contributed by atoms with E-state index in [-0.39, 0.29) is 40.2 Å². The summed E-state index contributed by atoms with van der Waals surface area (Å²) in [5, 5.41) is 0.117. The van der Waals surface area contributed by atoms with Crippen molar-refractivity contribution in [3.8, 4) is 0 Å². The predicted octanol–water partition coefficient (Wildman–Crippen LogP) is 3.95. The van der Waals surface area contributed by atoms with E-state index in [4.69, 9.17) is 0 Å². The van der Waals surface area contributed by atoms with Crippen molar-refractivity contribution in [1.82, 2.24) is 4.90 Å². The zero-order valence-corrected chi connectivity index (χ0v) is 16.1. The molecule has 27 heavy (non-hydrogen) atoms. The summed E-state index contributed by atoms with van der Waals surface area (Å²) in [6.45, 7) is 1.60. The van der Waals surface area contributed by atoms with Gasteiger partial charge in [-0.05, 0) is 12.8 Å². The van der Waals surface area contributed by atoms with E-state index in [0.29, 0.717) is 18.4 Å². The van der Waals surface area contributed by atoms with Crippen LogP contribution in [0.15, 0.2) is 35.4 Å². The molecule has 0 spiro atoms. The van der Waals surface area contributed by atoms with Gasteiger partial charge in [0.2, 0.25) is 0 Å². The molecule has 1 amide bonds. The van der Waals surface area contributed by atoms with Crippen molar-refractivity contribution in [2.24, 2.45) is 5.92 Å². The number of hydrogen-bond donors (Lipinski definition) is 0. The van der Waals surface area contributed by atoms with Crippen LogP contribution in [0.25, 0.3) is 0 Å². The normalized spacial score (nSPS) is 21.5. The third kappa shape index (κ3) is 3.35. The molecule has 1 fully saturated rings. The number of likely N-dealkylation sites (tertiary alicyclic amines) is 1. The molecule has 1 aromatic carbocycles. The number of rotatable bonds is 3. The summed E-state index contributed by atoms with van der Waals surface area (Å²) in [4.78, 5) is 38.4. The van der Waals surface area contributed by atoms with E-state index in [9.17, 15) is 27.6 Å². The molecular weight excluding hydrogens is 427 g/mol. The second-order valence-corrected chi connectivity index (χ2v) is 7.28. The van der Waals surface area contributed by atoms with Crippen molar-refractivity contribution in [2.75, 3.05) is 11.9 Å². The fraction of sp³-hybridized carbons (Fsp3) is 0.421. The second kappa shape index (κ2) is 7.22. The molecule has 144 valence electrons. The summed E-state index contributed by atoms with van der Waals surface area (Å²) < 4.78 is 38.8. The Bertz CT molecular complexity index is 847. The highest BCUT2D eigenvalue weighted by Gasteiger charge is 2.48. The molecule has 1 aliphatic heterocycles. The molecule has 0 radical (unpaired) electrons. The molecule has 8 heteroatoms. The first kappa shape index (κ1) is 19.8. The number of carbonyl (C=O) groups excluding carboxylic acids is 3. The molecule has 0 N–H and O–H groups in total. The lowest BCUT2D eigenvalue weighted by atomic mass is 9.77. The number of halogens is 4. The van der Waals surface area contributed by atoms with Crippen LogP contribution >= 0.6 is 15.9 Å². The highest BCUT2D eigenvalue weighted by atomic mass is 79.9. The highest BCUT2D eigenvalue weighted by Crippen LogP contribution is 2.38. The van der Waals surface area contributed by atoms with E-state index in [1.807, 2.05) is 0 Å². The number of Topliss-reactive ketones (excluding diaryl/α,β-unsaturated/α-hetero) is 2. The first-order valence-corrected chi connectivity index (χ1v) is 9.65. The summed E-state index contributed by atoms with van der Waals surface area (Å²) in [5.41, 5.74) is 0.989. The van der Waals surface area contributed by atoms with Gasteiger partial charge in [0, 0.05) is 46.1 Å².